The van der Waals surface area contributed by atoms with Crippen molar-refractivity contribution in [3.05, 3.63) is 75.8 Å². The maximum absolute atomic E-state index is 14.6. The van der Waals surface area contributed by atoms with E-state index >= 15 is 0 Å². The number of hydrogen-bond donors (Lipinski definition) is 1. The first kappa shape index (κ1) is 25.5. The first-order valence-electron chi connectivity index (χ1n) is 10.5. The van der Waals surface area contributed by atoms with Crippen LogP contribution in [0.5, 0.6) is 0 Å². The molecule has 1 atom stereocenters. The van der Waals surface area contributed by atoms with E-state index in [1.807, 2.05) is 57.4 Å². The van der Waals surface area contributed by atoms with E-state index in [1.165, 1.54) is 11.8 Å². The topological polar surface area (TPSA) is 78.9 Å². The molecule has 8 heteroatoms. The quantitative estimate of drug-likeness (QED) is 0.311. The molecule has 0 radical (unpaired) electrons. The van der Waals surface area contributed by atoms with Crippen LogP contribution in [-0.2, 0) is 14.5 Å². The molecule has 5 nitrogen and oxygen atoms in total. The molecule has 0 saturated carbocycles. The molecule has 1 aromatic heterocycles. The number of benzene rings is 2. The van der Waals surface area contributed by atoms with Crippen LogP contribution in [0, 0.1) is 16.7 Å². The summed E-state index contributed by atoms with van der Waals surface area (Å²) in [5, 5.41) is 20.4. The van der Waals surface area contributed by atoms with Crippen molar-refractivity contribution in [2.24, 2.45) is 0 Å². The van der Waals surface area contributed by atoms with E-state index in [2.05, 4.69) is 22.0 Å². The van der Waals surface area contributed by atoms with E-state index in [-0.39, 0.29) is 17.4 Å². The molecule has 0 fully saturated rings. The molecule has 2 aromatic carbocycles. The van der Waals surface area contributed by atoms with Gasteiger partial charge in [-0.3, -0.25) is 14.5 Å². The van der Waals surface area contributed by atoms with Gasteiger partial charge in [0.05, 0.1) is 17.5 Å². The monoisotopic (exact) mass is 543 g/mol. The van der Waals surface area contributed by atoms with Crippen molar-refractivity contribution in [2.45, 2.75) is 38.0 Å². The van der Waals surface area contributed by atoms with E-state index in [4.69, 9.17) is 4.52 Å². The van der Waals surface area contributed by atoms with E-state index in [0.717, 1.165) is 10.2 Å². The van der Waals surface area contributed by atoms with Crippen LogP contribution >= 0.6 is 35.1 Å². The van der Waals surface area contributed by atoms with Crippen LogP contribution in [0.1, 0.15) is 39.0 Å². The standard InChI is InChI=1S/C25H27BrN3O2PS/c1-6-31-32(30,19-10-8-7-9-11-19)21-22(33-5)20(16-27)23(25(2,3)4)29(24(21)28)18-14-12-17(26)13-15-18/h7-15,28H,6H2,1-5H3. The Morgan fingerprint density at radius 1 is 1.15 bits per heavy atom. The number of nitrogens with zero attached hydrogens (tertiary/aromatic N) is 2. The summed E-state index contributed by atoms with van der Waals surface area (Å²) in [6.45, 7) is 8.04. The molecule has 0 spiro atoms. The SMILES string of the molecule is CCOP(=O)(c1ccccc1)c1c(SC)c(C#N)c(C(C)(C)C)n(-c2ccc(Br)cc2)c1=N. The maximum atomic E-state index is 14.6. The molecule has 33 heavy (non-hydrogen) atoms. The number of thioether (sulfide) groups is 1. The third-order valence-corrected chi connectivity index (χ3v) is 9.28. The molecule has 3 aromatic rings. The minimum atomic E-state index is -3.67. The van der Waals surface area contributed by atoms with Crippen molar-refractivity contribution < 1.29 is 9.09 Å². The van der Waals surface area contributed by atoms with Gasteiger partial charge >= 0.3 is 0 Å². The van der Waals surface area contributed by atoms with Gasteiger partial charge in [0.2, 0.25) is 0 Å². The smallest absolute Gasteiger partial charge is 0.266 e. The molecule has 1 heterocycles. The Balaban J connectivity index is 2.60. The highest BCUT2D eigenvalue weighted by atomic mass is 79.9. The molecule has 0 saturated heterocycles. The van der Waals surface area contributed by atoms with Gasteiger partial charge in [-0.2, -0.15) is 5.26 Å². The van der Waals surface area contributed by atoms with Crippen molar-refractivity contribution in [2.75, 3.05) is 12.9 Å². The Hall–Kier alpha value is -2.10. The summed E-state index contributed by atoms with van der Waals surface area (Å²) < 4.78 is 23.2. The summed E-state index contributed by atoms with van der Waals surface area (Å²) in [6, 6.07) is 18.9. The summed E-state index contributed by atoms with van der Waals surface area (Å²) in [4.78, 5) is 0.529. The third-order valence-electron chi connectivity index (χ3n) is 5.16. The molecular weight excluding hydrogens is 517 g/mol. The molecule has 0 amide bonds. The van der Waals surface area contributed by atoms with Gasteiger partial charge in [0, 0.05) is 31.5 Å². The molecule has 0 aliphatic carbocycles. The lowest BCUT2D eigenvalue weighted by Crippen LogP contribution is -2.42. The van der Waals surface area contributed by atoms with Crippen LogP contribution in [-0.4, -0.2) is 17.4 Å². The number of pyridine rings is 1. The number of nitriles is 1. The zero-order chi connectivity index (χ0) is 24.4. The second-order valence-electron chi connectivity index (χ2n) is 8.43. The summed E-state index contributed by atoms with van der Waals surface area (Å²) >= 11 is 4.80. The minimum absolute atomic E-state index is 0.0613. The van der Waals surface area contributed by atoms with E-state index in [0.29, 0.717) is 21.5 Å². The third kappa shape index (κ3) is 4.76. The van der Waals surface area contributed by atoms with Gasteiger partial charge in [0.15, 0.2) is 0 Å². The van der Waals surface area contributed by atoms with Crippen molar-refractivity contribution in [1.82, 2.24) is 4.57 Å². The molecule has 0 bridgehead atoms. The average molecular weight is 544 g/mol. The van der Waals surface area contributed by atoms with Gasteiger partial charge in [0.25, 0.3) is 7.37 Å². The van der Waals surface area contributed by atoms with E-state index < -0.39 is 12.8 Å². The second-order valence-corrected chi connectivity index (χ2v) is 12.5. The summed E-state index contributed by atoms with van der Waals surface area (Å²) in [7, 11) is -3.67. The van der Waals surface area contributed by atoms with Crippen molar-refractivity contribution in [3.8, 4) is 11.8 Å². The molecule has 172 valence electrons. The normalized spacial score (nSPS) is 13.4. The van der Waals surface area contributed by atoms with Gasteiger partial charge < -0.3 is 4.52 Å². The van der Waals surface area contributed by atoms with Gasteiger partial charge in [-0.1, -0.05) is 54.9 Å². The minimum Gasteiger partial charge on any atom is -0.322 e. The fraction of sp³-hybridized carbons (Fsp3) is 0.280. The van der Waals surface area contributed by atoms with Gasteiger partial charge in [-0.25, -0.2) is 0 Å². The Morgan fingerprint density at radius 2 is 1.76 bits per heavy atom. The Bertz CT molecular complexity index is 1310. The predicted molar refractivity (Wildman–Crippen MR) is 139 cm³/mol. The molecule has 0 aliphatic heterocycles. The van der Waals surface area contributed by atoms with Crippen LogP contribution < -0.4 is 16.1 Å². The highest BCUT2D eigenvalue weighted by Crippen LogP contribution is 2.47. The summed E-state index contributed by atoms with van der Waals surface area (Å²) in [5.74, 6) is 0. The average Bonchev–Trinajstić information content (AvgIpc) is 2.78. The van der Waals surface area contributed by atoms with Crippen LogP contribution in [0.25, 0.3) is 5.69 Å². The Kier molecular flexibility index (Phi) is 7.76. The number of aromatic nitrogens is 1. The Labute approximate surface area is 207 Å². The van der Waals surface area contributed by atoms with E-state index in [1.54, 1.807) is 35.8 Å². The zero-order valence-electron chi connectivity index (χ0n) is 19.3. The number of halogens is 1. The van der Waals surface area contributed by atoms with Crippen LogP contribution in [0.2, 0.25) is 0 Å². The number of rotatable bonds is 6. The van der Waals surface area contributed by atoms with Crippen molar-refractivity contribution in [1.29, 1.82) is 10.7 Å². The highest BCUT2D eigenvalue weighted by molar-refractivity contribution is 9.10. The predicted octanol–water partition coefficient (Wildman–Crippen LogP) is 5.88. The maximum Gasteiger partial charge on any atom is 0.266 e. The molecule has 3 rings (SSSR count). The van der Waals surface area contributed by atoms with Crippen molar-refractivity contribution >= 4 is 45.7 Å². The van der Waals surface area contributed by atoms with Crippen LogP contribution in [0.3, 0.4) is 0 Å². The zero-order valence-corrected chi connectivity index (χ0v) is 22.6. The first-order valence-corrected chi connectivity index (χ1v) is 14.1. The fourth-order valence-corrected chi connectivity index (χ4v) is 7.63. The summed E-state index contributed by atoms with van der Waals surface area (Å²) in [5.41, 5.74) is 1.43. The van der Waals surface area contributed by atoms with Gasteiger partial charge in [-0.05, 0) is 49.6 Å². The number of hydrogen-bond acceptors (Lipinski definition) is 5. The van der Waals surface area contributed by atoms with Crippen LogP contribution in [0.4, 0.5) is 0 Å². The largest absolute Gasteiger partial charge is 0.322 e. The summed E-state index contributed by atoms with van der Waals surface area (Å²) in [6.07, 6.45) is 1.84. The first-order chi connectivity index (χ1) is 15.6. The van der Waals surface area contributed by atoms with Crippen LogP contribution in [0.15, 0.2) is 64.0 Å². The lowest BCUT2D eigenvalue weighted by atomic mass is 9.87. The van der Waals surface area contributed by atoms with E-state index in [9.17, 15) is 15.2 Å². The molecule has 0 aliphatic rings. The fourth-order valence-electron chi connectivity index (χ4n) is 3.87. The lowest BCUT2D eigenvalue weighted by molar-refractivity contribution is 0.347. The van der Waals surface area contributed by atoms with Gasteiger partial charge in [-0.15, -0.1) is 11.8 Å². The Morgan fingerprint density at radius 3 is 2.24 bits per heavy atom. The second kappa shape index (κ2) is 10.0. The van der Waals surface area contributed by atoms with Crippen molar-refractivity contribution in [3.63, 3.8) is 0 Å². The highest BCUT2D eigenvalue weighted by Gasteiger charge is 2.38. The molecule has 1 N–H and O–H groups in total. The molecule has 1 unspecified atom stereocenters. The van der Waals surface area contributed by atoms with Gasteiger partial charge in [0.1, 0.15) is 11.6 Å². The lowest BCUT2D eigenvalue weighted by Gasteiger charge is -2.31. The number of nitrogens with one attached hydrogen (secondary N) is 1. The molecular formula is C25H27BrN3O2PS.